The van der Waals surface area contributed by atoms with Crippen LogP contribution in [-0.4, -0.2) is 9.52 Å². The summed E-state index contributed by atoms with van der Waals surface area (Å²) in [7, 11) is -0.0935. The third-order valence-corrected chi connectivity index (χ3v) is 5.35. The Hall–Kier alpha value is -1.28. The van der Waals surface area contributed by atoms with E-state index in [1.54, 1.807) is 10.8 Å². The van der Waals surface area contributed by atoms with Gasteiger partial charge in [0.15, 0.2) is 0 Å². The zero-order chi connectivity index (χ0) is 13.1. The minimum atomic E-state index is -0.0935. The molecule has 1 atom stereocenters. The van der Waals surface area contributed by atoms with Gasteiger partial charge in [-0.2, -0.15) is 0 Å². The molecule has 1 aromatic rings. The van der Waals surface area contributed by atoms with Crippen molar-refractivity contribution in [3.63, 3.8) is 0 Å². The minimum Gasteiger partial charge on any atom is -0.380 e. The number of aryl methyl sites for hydroxylation is 1. The highest BCUT2D eigenvalue weighted by Gasteiger charge is 2.21. The van der Waals surface area contributed by atoms with E-state index in [0.29, 0.717) is 6.04 Å². The molecule has 2 heteroatoms. The second kappa shape index (κ2) is 5.57. The lowest BCUT2D eigenvalue weighted by atomic mass is 9.90. The molecule has 2 rings (SSSR count). The third kappa shape index (κ3) is 2.30. The van der Waals surface area contributed by atoms with Crippen LogP contribution in [0.25, 0.3) is 0 Å². The van der Waals surface area contributed by atoms with Crippen molar-refractivity contribution in [1.82, 2.24) is 5.32 Å². The zero-order valence-electron chi connectivity index (χ0n) is 11.9. The maximum absolute atomic E-state index is 3.61. The molecular weight excluding hydrogens is 234 g/mol. The number of allylic oxidation sites excluding steroid dienone is 2. The molecule has 0 saturated heterocycles. The van der Waals surface area contributed by atoms with Crippen LogP contribution in [0.1, 0.15) is 37.4 Å². The van der Waals surface area contributed by atoms with Gasteiger partial charge in [0.05, 0.1) is 15.6 Å². The first kappa shape index (κ1) is 13.2. The van der Waals surface area contributed by atoms with Crippen LogP contribution in [0.3, 0.4) is 0 Å². The second-order valence-electron chi connectivity index (χ2n) is 4.99. The van der Waals surface area contributed by atoms with E-state index in [0.717, 1.165) is 6.42 Å². The minimum absolute atomic E-state index is 0.0935. The van der Waals surface area contributed by atoms with E-state index < -0.39 is 0 Å². The summed E-state index contributed by atoms with van der Waals surface area (Å²) in [6.45, 7) is 9.13. The Morgan fingerprint density at radius 3 is 2.56 bits per heavy atom. The van der Waals surface area contributed by atoms with Gasteiger partial charge in [-0.1, -0.05) is 37.7 Å². The quantitative estimate of drug-likeness (QED) is 0.818. The normalized spacial score (nSPS) is 20.2. The molecule has 0 amide bonds. The monoisotopic (exact) mass is 257 g/mol. The Morgan fingerprint density at radius 1 is 1.22 bits per heavy atom. The Morgan fingerprint density at radius 2 is 1.94 bits per heavy atom. The molecule has 1 aliphatic rings. The van der Waals surface area contributed by atoms with E-state index >= 15 is 0 Å². The molecule has 18 heavy (non-hydrogen) atoms. The third-order valence-electron chi connectivity index (χ3n) is 3.95. The lowest BCUT2D eigenvalue weighted by Gasteiger charge is -2.29. The van der Waals surface area contributed by atoms with Crippen molar-refractivity contribution >= 4 is 9.52 Å². The van der Waals surface area contributed by atoms with Crippen molar-refractivity contribution in [3.05, 3.63) is 57.9 Å². The van der Waals surface area contributed by atoms with Gasteiger partial charge >= 0.3 is 0 Å². The molecule has 1 N–H and O–H groups in total. The summed E-state index contributed by atoms with van der Waals surface area (Å²) in [4.78, 5) is 0. The van der Waals surface area contributed by atoms with E-state index in [-0.39, 0.29) is 9.52 Å². The van der Waals surface area contributed by atoms with Crippen molar-refractivity contribution in [2.75, 3.05) is 0 Å². The number of dihydropyridines is 1. The molecular formula is C16H23NSi. The van der Waals surface area contributed by atoms with Gasteiger partial charge in [-0.3, -0.25) is 0 Å². The standard InChI is InChI=1S/C16H23NSi/c1-5-13-12(3)16(17-10-15(13)18-4)14-9-7-6-8-11(14)2/h6-10,16-17H,5,18H2,1-4H3. The summed E-state index contributed by atoms with van der Waals surface area (Å²) in [5, 5.41) is 5.20. The summed E-state index contributed by atoms with van der Waals surface area (Å²) in [5.74, 6) is 0. The average Bonchev–Trinajstić information content (AvgIpc) is 2.39. The van der Waals surface area contributed by atoms with Gasteiger partial charge in [-0.25, -0.2) is 0 Å². The van der Waals surface area contributed by atoms with E-state index in [1.165, 1.54) is 16.7 Å². The maximum atomic E-state index is 3.61. The number of rotatable bonds is 3. The summed E-state index contributed by atoms with van der Waals surface area (Å²) >= 11 is 0. The van der Waals surface area contributed by atoms with Crippen LogP contribution < -0.4 is 5.32 Å². The largest absolute Gasteiger partial charge is 0.380 e. The maximum Gasteiger partial charge on any atom is 0.0727 e. The molecule has 0 aliphatic carbocycles. The van der Waals surface area contributed by atoms with Crippen LogP contribution >= 0.6 is 0 Å². The van der Waals surface area contributed by atoms with Crippen LogP contribution in [0, 0.1) is 6.92 Å². The molecule has 0 radical (unpaired) electrons. The fourth-order valence-electron chi connectivity index (χ4n) is 2.88. The first-order chi connectivity index (χ1) is 8.69. The van der Waals surface area contributed by atoms with E-state index in [9.17, 15) is 0 Å². The van der Waals surface area contributed by atoms with Crippen LogP contribution in [0.15, 0.2) is 46.8 Å². The first-order valence-corrected chi connectivity index (χ1v) is 9.01. The smallest absolute Gasteiger partial charge is 0.0727 e. The van der Waals surface area contributed by atoms with E-state index in [2.05, 4.69) is 63.1 Å². The first-order valence-electron chi connectivity index (χ1n) is 6.89. The van der Waals surface area contributed by atoms with Crippen molar-refractivity contribution < 1.29 is 0 Å². The van der Waals surface area contributed by atoms with Gasteiger partial charge in [0.1, 0.15) is 0 Å². The molecule has 0 spiro atoms. The van der Waals surface area contributed by atoms with Crippen molar-refractivity contribution in [2.45, 2.75) is 39.8 Å². The average molecular weight is 257 g/mol. The van der Waals surface area contributed by atoms with Crippen molar-refractivity contribution in [3.8, 4) is 0 Å². The predicted octanol–water partition coefficient (Wildman–Crippen LogP) is 3.42. The molecule has 1 nitrogen and oxygen atoms in total. The predicted molar refractivity (Wildman–Crippen MR) is 82.5 cm³/mol. The Labute approximate surface area is 113 Å². The fraction of sp³-hybridized carbons (Fsp3) is 0.375. The summed E-state index contributed by atoms with van der Waals surface area (Å²) in [6.07, 6.45) is 3.43. The highest BCUT2D eigenvalue weighted by atomic mass is 28.2. The second-order valence-corrected chi connectivity index (χ2v) is 6.46. The molecule has 1 aliphatic heterocycles. The molecule has 0 aromatic heterocycles. The Kier molecular flexibility index (Phi) is 4.07. The van der Waals surface area contributed by atoms with Crippen LogP contribution in [0.2, 0.25) is 6.55 Å². The number of hydrogen-bond donors (Lipinski definition) is 1. The Bertz CT molecular complexity index is 500. The molecule has 0 fully saturated rings. The molecule has 1 unspecified atom stereocenters. The lowest BCUT2D eigenvalue weighted by molar-refractivity contribution is 0.681. The van der Waals surface area contributed by atoms with Crippen LogP contribution in [0.5, 0.6) is 0 Å². The number of nitrogens with one attached hydrogen (secondary N) is 1. The molecule has 1 aromatic carbocycles. The van der Waals surface area contributed by atoms with Crippen LogP contribution in [0.4, 0.5) is 0 Å². The van der Waals surface area contributed by atoms with Gasteiger partial charge in [0.25, 0.3) is 0 Å². The Balaban J connectivity index is 2.42. The van der Waals surface area contributed by atoms with E-state index in [4.69, 9.17) is 0 Å². The molecule has 0 saturated carbocycles. The van der Waals surface area contributed by atoms with Gasteiger partial charge < -0.3 is 5.32 Å². The highest BCUT2D eigenvalue weighted by molar-refractivity contribution is 6.45. The van der Waals surface area contributed by atoms with E-state index in [1.807, 2.05) is 0 Å². The zero-order valence-corrected chi connectivity index (χ0v) is 13.3. The SMILES string of the molecule is CCC1=C(C)C(c2ccccc2C)NC=C1[SiH2]C. The van der Waals surface area contributed by atoms with Crippen molar-refractivity contribution in [1.29, 1.82) is 0 Å². The summed E-state index contributed by atoms with van der Waals surface area (Å²) in [6, 6.07) is 9.05. The number of benzene rings is 1. The highest BCUT2D eigenvalue weighted by Crippen LogP contribution is 2.33. The summed E-state index contributed by atoms with van der Waals surface area (Å²) in [5.41, 5.74) is 5.89. The van der Waals surface area contributed by atoms with Gasteiger partial charge in [-0.15, -0.1) is 0 Å². The molecule has 96 valence electrons. The van der Waals surface area contributed by atoms with Crippen molar-refractivity contribution in [2.24, 2.45) is 0 Å². The molecule has 1 heterocycles. The van der Waals surface area contributed by atoms with Gasteiger partial charge in [0.2, 0.25) is 0 Å². The lowest BCUT2D eigenvalue weighted by Crippen LogP contribution is -2.24. The molecule has 0 bridgehead atoms. The summed E-state index contributed by atoms with van der Waals surface area (Å²) < 4.78 is 0. The fourth-order valence-corrected chi connectivity index (χ4v) is 4.16. The van der Waals surface area contributed by atoms with Gasteiger partial charge in [0, 0.05) is 0 Å². The topological polar surface area (TPSA) is 12.0 Å². The number of hydrogen-bond acceptors (Lipinski definition) is 1. The van der Waals surface area contributed by atoms with Gasteiger partial charge in [-0.05, 0) is 53.9 Å². The van der Waals surface area contributed by atoms with Crippen LogP contribution in [-0.2, 0) is 0 Å².